The van der Waals surface area contributed by atoms with Gasteiger partial charge < -0.3 is 15.0 Å². The van der Waals surface area contributed by atoms with E-state index >= 15 is 4.39 Å². The Bertz CT molecular complexity index is 1150. The number of nitrogens with one attached hydrogen (secondary N) is 2. The summed E-state index contributed by atoms with van der Waals surface area (Å²) in [5.41, 5.74) is 0.291. The standard InChI is InChI=1S/C21H20ClFN4O3/c1-11(2)21(29)24-10-12-7-8-13(22)18(19(12)23)20-26-15(9-16(28)27-20)14-5-4-6-17(25-14)30-3/h4-9,11H,10H2,1-3H3,(H,24,29)(H,26,27,28). The number of carbonyl (C=O) groups excluding carboxylic acids is 1. The fraction of sp³-hybridized carbons (Fsp3) is 0.238. The van der Waals surface area contributed by atoms with Crippen LogP contribution in [0.15, 0.2) is 41.2 Å². The maximum absolute atomic E-state index is 15.2. The molecule has 0 radical (unpaired) electrons. The van der Waals surface area contributed by atoms with Crippen LogP contribution in [0.25, 0.3) is 22.8 Å². The highest BCUT2D eigenvalue weighted by atomic mass is 35.5. The van der Waals surface area contributed by atoms with Gasteiger partial charge >= 0.3 is 0 Å². The maximum atomic E-state index is 15.2. The van der Waals surface area contributed by atoms with Crippen LogP contribution in [0.3, 0.4) is 0 Å². The molecule has 0 unspecified atom stereocenters. The average Bonchev–Trinajstić information content (AvgIpc) is 2.72. The third-order valence-electron chi connectivity index (χ3n) is 4.32. The van der Waals surface area contributed by atoms with E-state index in [1.807, 2.05) is 0 Å². The number of pyridine rings is 1. The molecule has 1 aromatic carbocycles. The first kappa shape index (κ1) is 21.4. The predicted octanol–water partition coefficient (Wildman–Crippen LogP) is 3.57. The van der Waals surface area contributed by atoms with E-state index < -0.39 is 11.4 Å². The minimum atomic E-state index is -0.676. The summed E-state index contributed by atoms with van der Waals surface area (Å²) >= 11 is 6.22. The van der Waals surface area contributed by atoms with Gasteiger partial charge in [-0.1, -0.05) is 37.6 Å². The fourth-order valence-electron chi connectivity index (χ4n) is 2.71. The van der Waals surface area contributed by atoms with Gasteiger partial charge in [0.15, 0.2) is 0 Å². The van der Waals surface area contributed by atoms with E-state index in [0.717, 1.165) is 0 Å². The van der Waals surface area contributed by atoms with Crippen molar-refractivity contribution in [1.82, 2.24) is 20.3 Å². The van der Waals surface area contributed by atoms with Crippen molar-refractivity contribution in [2.45, 2.75) is 20.4 Å². The fourth-order valence-corrected chi connectivity index (χ4v) is 2.95. The van der Waals surface area contributed by atoms with Crippen molar-refractivity contribution >= 4 is 17.5 Å². The molecule has 3 rings (SSSR count). The van der Waals surface area contributed by atoms with E-state index in [0.29, 0.717) is 11.6 Å². The van der Waals surface area contributed by atoms with Gasteiger partial charge in [0, 0.05) is 30.2 Å². The Morgan fingerprint density at radius 1 is 1.23 bits per heavy atom. The third-order valence-corrected chi connectivity index (χ3v) is 4.64. The van der Waals surface area contributed by atoms with E-state index in [9.17, 15) is 9.59 Å². The lowest BCUT2D eigenvalue weighted by Crippen LogP contribution is -2.27. The molecule has 0 spiro atoms. The number of ether oxygens (including phenoxy) is 1. The second-order valence-corrected chi connectivity index (χ2v) is 7.22. The molecule has 0 aliphatic carbocycles. The number of rotatable bonds is 6. The summed E-state index contributed by atoms with van der Waals surface area (Å²) in [5, 5.41) is 2.73. The summed E-state index contributed by atoms with van der Waals surface area (Å²) < 4.78 is 20.3. The summed E-state index contributed by atoms with van der Waals surface area (Å²) in [4.78, 5) is 35.2. The third kappa shape index (κ3) is 4.65. The Balaban J connectivity index is 2.05. The molecule has 2 heterocycles. The predicted molar refractivity (Wildman–Crippen MR) is 112 cm³/mol. The SMILES string of the molecule is COc1cccc(-c2cc(=O)[nH]c(-c3c(Cl)ccc(CNC(=O)C(C)C)c3F)n2)n1. The molecule has 0 fully saturated rings. The van der Waals surface area contributed by atoms with Crippen molar-refractivity contribution in [3.05, 3.63) is 63.2 Å². The Morgan fingerprint density at radius 2 is 2.00 bits per heavy atom. The normalized spacial score (nSPS) is 10.9. The number of nitrogens with zero attached hydrogens (tertiary/aromatic N) is 2. The Hall–Kier alpha value is -3.26. The van der Waals surface area contributed by atoms with E-state index in [2.05, 4.69) is 20.3 Å². The summed E-state index contributed by atoms with van der Waals surface area (Å²) in [6, 6.07) is 9.24. The van der Waals surface area contributed by atoms with Gasteiger partial charge in [-0.2, -0.15) is 0 Å². The smallest absolute Gasteiger partial charge is 0.251 e. The summed E-state index contributed by atoms with van der Waals surface area (Å²) in [6.07, 6.45) is 0. The number of hydrogen-bond acceptors (Lipinski definition) is 5. The van der Waals surface area contributed by atoms with Crippen molar-refractivity contribution in [2.75, 3.05) is 7.11 Å². The average molecular weight is 431 g/mol. The summed E-state index contributed by atoms with van der Waals surface area (Å²) in [7, 11) is 1.47. The molecule has 2 N–H and O–H groups in total. The van der Waals surface area contributed by atoms with Crippen molar-refractivity contribution in [1.29, 1.82) is 0 Å². The molecule has 1 amide bonds. The monoisotopic (exact) mass is 430 g/mol. The molecule has 3 aromatic rings. The van der Waals surface area contributed by atoms with E-state index in [4.69, 9.17) is 16.3 Å². The van der Waals surface area contributed by atoms with Gasteiger partial charge in [-0.15, -0.1) is 0 Å². The van der Waals surface area contributed by atoms with E-state index in [-0.39, 0.29) is 46.0 Å². The van der Waals surface area contributed by atoms with E-state index in [1.54, 1.807) is 32.0 Å². The number of amides is 1. The van der Waals surface area contributed by atoms with Crippen LogP contribution in [0.1, 0.15) is 19.4 Å². The van der Waals surface area contributed by atoms with Crippen molar-refractivity contribution in [2.24, 2.45) is 5.92 Å². The number of halogens is 2. The van der Waals surface area contributed by atoms with Crippen molar-refractivity contribution in [3.63, 3.8) is 0 Å². The van der Waals surface area contributed by atoms with Crippen LogP contribution >= 0.6 is 11.6 Å². The minimum Gasteiger partial charge on any atom is -0.481 e. The van der Waals surface area contributed by atoms with Gasteiger partial charge in [0.1, 0.15) is 11.6 Å². The number of aromatic nitrogens is 3. The molecule has 9 heteroatoms. The zero-order valence-corrected chi connectivity index (χ0v) is 17.4. The number of benzene rings is 1. The van der Waals surface area contributed by atoms with Crippen molar-refractivity contribution in [3.8, 4) is 28.7 Å². The molecule has 0 bridgehead atoms. The maximum Gasteiger partial charge on any atom is 0.251 e. The van der Waals surface area contributed by atoms with Crippen LogP contribution in [-0.2, 0) is 11.3 Å². The van der Waals surface area contributed by atoms with Gasteiger partial charge in [0.2, 0.25) is 11.8 Å². The summed E-state index contributed by atoms with van der Waals surface area (Å²) in [5.74, 6) is -0.802. The molecule has 156 valence electrons. The molecular formula is C21H20ClFN4O3. The highest BCUT2D eigenvalue weighted by molar-refractivity contribution is 6.33. The van der Waals surface area contributed by atoms with Crippen LogP contribution in [0, 0.1) is 11.7 Å². The molecule has 0 atom stereocenters. The highest BCUT2D eigenvalue weighted by Crippen LogP contribution is 2.31. The largest absolute Gasteiger partial charge is 0.481 e. The molecule has 0 aliphatic rings. The first-order valence-corrected chi connectivity index (χ1v) is 9.55. The number of methoxy groups -OCH3 is 1. The lowest BCUT2D eigenvalue weighted by atomic mass is 10.1. The van der Waals surface area contributed by atoms with Crippen LogP contribution in [0.2, 0.25) is 5.02 Å². The number of aromatic amines is 1. The van der Waals surface area contributed by atoms with Crippen LogP contribution < -0.4 is 15.6 Å². The first-order chi connectivity index (χ1) is 14.3. The summed E-state index contributed by atoms with van der Waals surface area (Å²) in [6.45, 7) is 3.46. The van der Waals surface area contributed by atoms with Gasteiger partial charge in [-0.05, 0) is 12.1 Å². The molecular weight excluding hydrogens is 411 g/mol. The molecule has 0 saturated carbocycles. The van der Waals surface area contributed by atoms with Gasteiger partial charge in [0.05, 0.1) is 29.1 Å². The lowest BCUT2D eigenvalue weighted by molar-refractivity contribution is -0.124. The van der Waals surface area contributed by atoms with Crippen LogP contribution in [-0.4, -0.2) is 28.0 Å². The Morgan fingerprint density at radius 3 is 2.70 bits per heavy atom. The molecule has 0 aliphatic heterocycles. The Kier molecular flexibility index (Phi) is 6.47. The molecule has 7 nitrogen and oxygen atoms in total. The van der Waals surface area contributed by atoms with Crippen LogP contribution in [0.5, 0.6) is 5.88 Å². The van der Waals surface area contributed by atoms with Gasteiger partial charge in [-0.25, -0.2) is 14.4 Å². The molecule has 2 aromatic heterocycles. The highest BCUT2D eigenvalue weighted by Gasteiger charge is 2.19. The lowest BCUT2D eigenvalue weighted by Gasteiger charge is -2.12. The number of H-pyrrole nitrogens is 1. The molecule has 30 heavy (non-hydrogen) atoms. The van der Waals surface area contributed by atoms with E-state index in [1.165, 1.54) is 25.3 Å². The van der Waals surface area contributed by atoms with Crippen LogP contribution in [0.4, 0.5) is 4.39 Å². The zero-order chi connectivity index (χ0) is 21.8. The quantitative estimate of drug-likeness (QED) is 0.623. The Labute approximate surface area is 177 Å². The zero-order valence-electron chi connectivity index (χ0n) is 16.6. The second-order valence-electron chi connectivity index (χ2n) is 6.81. The molecule has 0 saturated heterocycles. The first-order valence-electron chi connectivity index (χ1n) is 9.18. The minimum absolute atomic E-state index is 0.0195. The number of hydrogen-bond donors (Lipinski definition) is 2. The van der Waals surface area contributed by atoms with Crippen molar-refractivity contribution < 1.29 is 13.9 Å². The number of carbonyl (C=O) groups is 1. The second kappa shape index (κ2) is 9.04. The van der Waals surface area contributed by atoms with Gasteiger partial charge in [0.25, 0.3) is 5.56 Å². The topological polar surface area (TPSA) is 97.0 Å². The van der Waals surface area contributed by atoms with Gasteiger partial charge in [-0.3, -0.25) is 9.59 Å².